The van der Waals surface area contributed by atoms with Crippen LogP contribution in [0.25, 0.3) is 0 Å². The normalized spacial score (nSPS) is 18.9. The molecule has 0 unspecified atom stereocenters. The summed E-state index contributed by atoms with van der Waals surface area (Å²) in [5.74, 6) is 0.0468. The van der Waals surface area contributed by atoms with E-state index in [4.69, 9.17) is 16.3 Å². The van der Waals surface area contributed by atoms with Crippen molar-refractivity contribution in [3.8, 4) is 5.75 Å². The number of nitro groups is 1. The van der Waals surface area contributed by atoms with Gasteiger partial charge in [-0.15, -0.1) is 0 Å². The van der Waals surface area contributed by atoms with Gasteiger partial charge in [-0.2, -0.15) is 0 Å². The van der Waals surface area contributed by atoms with E-state index in [0.717, 1.165) is 0 Å². The smallest absolute Gasteiger partial charge is 0.312 e. The number of nitro benzene ring substituents is 1. The molecule has 6 heteroatoms. The van der Waals surface area contributed by atoms with Crippen LogP contribution in [0.15, 0.2) is 12.1 Å². The Labute approximate surface area is 96.1 Å². The monoisotopic (exact) mass is 241 g/mol. The van der Waals surface area contributed by atoms with E-state index in [1.54, 1.807) is 6.92 Å². The lowest BCUT2D eigenvalue weighted by Gasteiger charge is -2.21. The number of ketones is 1. The van der Waals surface area contributed by atoms with E-state index in [1.165, 1.54) is 12.1 Å². The van der Waals surface area contributed by atoms with E-state index >= 15 is 0 Å². The van der Waals surface area contributed by atoms with Gasteiger partial charge in [-0.25, -0.2) is 0 Å². The molecule has 0 bridgehead atoms. The number of hydrogen-bond acceptors (Lipinski definition) is 4. The predicted octanol–water partition coefficient (Wildman–Crippen LogP) is 2.14. The summed E-state index contributed by atoms with van der Waals surface area (Å²) in [4.78, 5) is 21.6. The molecule has 0 aliphatic carbocycles. The van der Waals surface area contributed by atoms with Gasteiger partial charge in [-0.1, -0.05) is 11.6 Å². The lowest BCUT2D eigenvalue weighted by Crippen LogP contribution is -2.30. The van der Waals surface area contributed by atoms with Gasteiger partial charge in [0.05, 0.1) is 4.92 Å². The van der Waals surface area contributed by atoms with Crippen molar-refractivity contribution in [3.63, 3.8) is 0 Å². The van der Waals surface area contributed by atoms with Crippen molar-refractivity contribution in [1.82, 2.24) is 0 Å². The summed E-state index contributed by atoms with van der Waals surface area (Å²) in [7, 11) is 0. The zero-order chi connectivity index (χ0) is 11.9. The molecule has 0 amide bonds. The van der Waals surface area contributed by atoms with Crippen LogP contribution in [0.1, 0.15) is 12.5 Å². The van der Waals surface area contributed by atoms with Crippen LogP contribution in [0, 0.1) is 10.1 Å². The summed E-state index contributed by atoms with van der Waals surface area (Å²) in [6, 6.07) is 2.75. The van der Waals surface area contributed by atoms with Crippen LogP contribution < -0.4 is 4.74 Å². The van der Waals surface area contributed by atoms with Gasteiger partial charge in [-0.3, -0.25) is 14.9 Å². The minimum Gasteiger partial charge on any atom is -0.476 e. The first-order chi connectivity index (χ1) is 7.49. The molecular formula is C10H8ClNO4. The van der Waals surface area contributed by atoms with Crippen molar-refractivity contribution in [3.05, 3.63) is 32.8 Å². The second kappa shape index (κ2) is 3.75. The van der Waals surface area contributed by atoms with Gasteiger partial charge < -0.3 is 4.74 Å². The third-order valence-electron chi connectivity index (χ3n) is 2.42. The third-order valence-corrected chi connectivity index (χ3v) is 2.64. The molecule has 1 heterocycles. The minimum atomic E-state index is -0.646. The van der Waals surface area contributed by atoms with E-state index < -0.39 is 11.0 Å². The lowest BCUT2D eigenvalue weighted by atomic mass is 10.0. The number of carbonyl (C=O) groups excluding carboxylic acids is 1. The Morgan fingerprint density at radius 3 is 2.88 bits per heavy atom. The quantitative estimate of drug-likeness (QED) is 0.558. The summed E-state index contributed by atoms with van der Waals surface area (Å²) in [6.07, 6.45) is -0.523. The van der Waals surface area contributed by atoms with Crippen molar-refractivity contribution >= 4 is 23.1 Å². The number of hydrogen-bond donors (Lipinski definition) is 0. The van der Waals surface area contributed by atoms with Gasteiger partial charge in [0.25, 0.3) is 0 Å². The molecule has 0 spiro atoms. The van der Waals surface area contributed by atoms with Crippen LogP contribution in [0.3, 0.4) is 0 Å². The van der Waals surface area contributed by atoms with Crippen LogP contribution >= 0.6 is 11.6 Å². The zero-order valence-corrected chi connectivity index (χ0v) is 9.15. The van der Waals surface area contributed by atoms with Gasteiger partial charge >= 0.3 is 5.69 Å². The summed E-state index contributed by atoms with van der Waals surface area (Å²) in [6.45, 7) is 1.57. The first-order valence-electron chi connectivity index (χ1n) is 4.65. The van der Waals surface area contributed by atoms with Crippen molar-refractivity contribution in [1.29, 1.82) is 0 Å². The average Bonchev–Trinajstić information content (AvgIpc) is 2.19. The Kier molecular flexibility index (Phi) is 2.55. The Morgan fingerprint density at radius 2 is 2.25 bits per heavy atom. The van der Waals surface area contributed by atoms with E-state index in [-0.39, 0.29) is 28.7 Å². The van der Waals surface area contributed by atoms with Crippen molar-refractivity contribution in [2.45, 2.75) is 19.4 Å². The number of carbonyl (C=O) groups is 1. The first kappa shape index (κ1) is 10.9. The number of halogens is 1. The lowest BCUT2D eigenvalue weighted by molar-refractivity contribution is -0.386. The molecule has 1 aliphatic heterocycles. The van der Waals surface area contributed by atoms with Crippen LogP contribution in [0.4, 0.5) is 5.69 Å². The molecule has 0 N–H and O–H groups in total. The molecule has 1 aliphatic rings. The van der Waals surface area contributed by atoms with Crippen LogP contribution in [-0.2, 0) is 11.2 Å². The average molecular weight is 242 g/mol. The topological polar surface area (TPSA) is 69.4 Å². The molecule has 84 valence electrons. The first-order valence-corrected chi connectivity index (χ1v) is 5.03. The number of benzene rings is 1. The highest BCUT2D eigenvalue weighted by molar-refractivity contribution is 6.31. The highest BCUT2D eigenvalue weighted by Crippen LogP contribution is 2.37. The molecule has 2 rings (SSSR count). The molecule has 0 fully saturated rings. The Bertz CT molecular complexity index is 486. The maximum atomic E-state index is 11.4. The molecule has 0 saturated carbocycles. The molecular weight excluding hydrogens is 234 g/mol. The van der Waals surface area contributed by atoms with Gasteiger partial charge in [0.2, 0.25) is 5.75 Å². The second-order valence-electron chi connectivity index (χ2n) is 3.57. The maximum absolute atomic E-state index is 11.4. The highest BCUT2D eigenvalue weighted by Gasteiger charge is 2.30. The molecule has 5 nitrogen and oxygen atoms in total. The maximum Gasteiger partial charge on any atom is 0.312 e. The summed E-state index contributed by atoms with van der Waals surface area (Å²) in [5.41, 5.74) is 0.282. The molecule has 0 aromatic heterocycles. The fraction of sp³-hybridized carbons (Fsp3) is 0.300. The number of Topliss-reactive ketones (excluding diaryl/α,β-unsaturated/α-hetero) is 1. The Hall–Kier alpha value is -1.62. The fourth-order valence-corrected chi connectivity index (χ4v) is 1.85. The molecule has 1 atom stereocenters. The van der Waals surface area contributed by atoms with Crippen LogP contribution in [0.2, 0.25) is 5.02 Å². The van der Waals surface area contributed by atoms with Gasteiger partial charge in [0.15, 0.2) is 11.9 Å². The summed E-state index contributed by atoms with van der Waals surface area (Å²) >= 11 is 5.74. The zero-order valence-electron chi connectivity index (χ0n) is 8.40. The predicted molar refractivity (Wildman–Crippen MR) is 56.9 cm³/mol. The van der Waals surface area contributed by atoms with Gasteiger partial charge in [0.1, 0.15) is 0 Å². The Balaban J connectivity index is 2.59. The number of nitrogens with zero attached hydrogens (tertiary/aromatic N) is 1. The van der Waals surface area contributed by atoms with Gasteiger partial charge in [-0.05, 0) is 13.0 Å². The van der Waals surface area contributed by atoms with Gasteiger partial charge in [0, 0.05) is 23.1 Å². The number of ether oxygens (including phenoxy) is 1. The molecule has 1 aromatic carbocycles. The largest absolute Gasteiger partial charge is 0.476 e. The third kappa shape index (κ3) is 1.74. The van der Waals surface area contributed by atoms with Crippen molar-refractivity contribution in [2.24, 2.45) is 0 Å². The summed E-state index contributed by atoms with van der Waals surface area (Å²) < 4.78 is 5.24. The van der Waals surface area contributed by atoms with Crippen LogP contribution in [0.5, 0.6) is 5.75 Å². The van der Waals surface area contributed by atoms with Crippen molar-refractivity contribution in [2.75, 3.05) is 0 Å². The SMILES string of the molecule is C[C@H]1Oc2c(cc(Cl)cc2[N+](=O)[O-])CC1=O. The van der Waals surface area contributed by atoms with E-state index in [9.17, 15) is 14.9 Å². The molecule has 16 heavy (non-hydrogen) atoms. The molecule has 1 aromatic rings. The van der Waals surface area contributed by atoms with Crippen molar-refractivity contribution < 1.29 is 14.5 Å². The minimum absolute atomic E-state index is 0.107. The van der Waals surface area contributed by atoms with E-state index in [0.29, 0.717) is 5.56 Å². The number of rotatable bonds is 1. The second-order valence-corrected chi connectivity index (χ2v) is 4.01. The van der Waals surface area contributed by atoms with E-state index in [1.807, 2.05) is 0 Å². The summed E-state index contributed by atoms with van der Waals surface area (Å²) in [5, 5.41) is 11.0. The van der Waals surface area contributed by atoms with E-state index in [2.05, 4.69) is 0 Å². The Morgan fingerprint density at radius 1 is 1.56 bits per heavy atom. The number of fused-ring (bicyclic) bond motifs is 1. The molecule has 0 saturated heterocycles. The molecule has 0 radical (unpaired) electrons. The standard InChI is InChI=1S/C10H8ClNO4/c1-5-9(13)3-6-2-7(11)4-8(12(14)15)10(6)16-5/h2,4-5H,3H2,1H3/t5-/m1/s1. The fourth-order valence-electron chi connectivity index (χ4n) is 1.61. The van der Waals surface area contributed by atoms with Crippen LogP contribution in [-0.4, -0.2) is 16.8 Å². The highest BCUT2D eigenvalue weighted by atomic mass is 35.5.